The second-order valence-corrected chi connectivity index (χ2v) is 7.62. The SMILES string of the molecule is O=C1CCC(c2ccc(C(=O)CCN3CCN(c4ccccc4)CC3)cc2)N1. The lowest BCUT2D eigenvalue weighted by molar-refractivity contribution is -0.119. The molecule has 1 unspecified atom stereocenters. The molecule has 4 rings (SSSR count). The number of nitrogens with one attached hydrogen (secondary N) is 1. The molecular formula is C23H27N3O2. The number of rotatable bonds is 6. The number of hydrogen-bond acceptors (Lipinski definition) is 4. The number of hydrogen-bond donors (Lipinski definition) is 1. The molecule has 5 nitrogen and oxygen atoms in total. The van der Waals surface area contributed by atoms with Gasteiger partial charge < -0.3 is 10.2 Å². The number of carbonyl (C=O) groups excluding carboxylic acids is 2. The van der Waals surface area contributed by atoms with Crippen molar-refractivity contribution in [3.63, 3.8) is 0 Å². The predicted molar refractivity (Wildman–Crippen MR) is 111 cm³/mol. The third-order valence-electron chi connectivity index (χ3n) is 5.78. The number of ketones is 1. The van der Waals surface area contributed by atoms with Crippen molar-refractivity contribution < 1.29 is 9.59 Å². The molecule has 2 aliphatic heterocycles. The lowest BCUT2D eigenvalue weighted by Crippen LogP contribution is -2.46. The molecule has 0 aliphatic carbocycles. The lowest BCUT2D eigenvalue weighted by atomic mass is 10.0. The van der Waals surface area contributed by atoms with Crippen LogP contribution in [-0.4, -0.2) is 49.3 Å². The molecule has 1 N–H and O–H groups in total. The van der Waals surface area contributed by atoms with Crippen LogP contribution in [0.15, 0.2) is 54.6 Å². The average molecular weight is 377 g/mol. The normalized spacial score (nSPS) is 20.2. The number of anilines is 1. The zero-order chi connectivity index (χ0) is 19.3. The van der Waals surface area contributed by atoms with Crippen LogP contribution in [0.25, 0.3) is 0 Å². The summed E-state index contributed by atoms with van der Waals surface area (Å²) in [5.41, 5.74) is 3.12. The predicted octanol–water partition coefficient (Wildman–Crippen LogP) is 3.03. The van der Waals surface area contributed by atoms with Crippen molar-refractivity contribution in [1.82, 2.24) is 10.2 Å². The second-order valence-electron chi connectivity index (χ2n) is 7.62. The summed E-state index contributed by atoms with van der Waals surface area (Å²) in [6.07, 6.45) is 1.97. The Morgan fingerprint density at radius 1 is 0.964 bits per heavy atom. The molecule has 1 amide bonds. The van der Waals surface area contributed by atoms with Crippen LogP contribution in [0.3, 0.4) is 0 Å². The van der Waals surface area contributed by atoms with Gasteiger partial charge in [-0.1, -0.05) is 42.5 Å². The van der Waals surface area contributed by atoms with Gasteiger partial charge in [-0.15, -0.1) is 0 Å². The smallest absolute Gasteiger partial charge is 0.220 e. The Bertz CT molecular complexity index is 812. The van der Waals surface area contributed by atoms with Gasteiger partial charge in [0.15, 0.2) is 5.78 Å². The number of amides is 1. The summed E-state index contributed by atoms with van der Waals surface area (Å²) in [5, 5.41) is 2.97. The highest BCUT2D eigenvalue weighted by molar-refractivity contribution is 5.96. The third kappa shape index (κ3) is 4.42. The Hall–Kier alpha value is -2.66. The van der Waals surface area contributed by atoms with E-state index in [2.05, 4.69) is 39.4 Å². The third-order valence-corrected chi connectivity index (χ3v) is 5.78. The van der Waals surface area contributed by atoms with E-state index < -0.39 is 0 Å². The highest BCUT2D eigenvalue weighted by Crippen LogP contribution is 2.24. The Balaban J connectivity index is 1.24. The Morgan fingerprint density at radius 2 is 1.68 bits per heavy atom. The van der Waals surface area contributed by atoms with Gasteiger partial charge in [0.25, 0.3) is 0 Å². The molecule has 2 heterocycles. The Morgan fingerprint density at radius 3 is 2.32 bits per heavy atom. The molecule has 5 heteroatoms. The number of carbonyl (C=O) groups is 2. The quantitative estimate of drug-likeness (QED) is 0.787. The van der Waals surface area contributed by atoms with Gasteiger partial charge in [0.2, 0.25) is 5.91 Å². The van der Waals surface area contributed by atoms with Gasteiger partial charge >= 0.3 is 0 Å². The van der Waals surface area contributed by atoms with Crippen molar-refractivity contribution >= 4 is 17.4 Å². The fourth-order valence-corrected chi connectivity index (χ4v) is 4.04. The van der Waals surface area contributed by atoms with Crippen LogP contribution in [0.2, 0.25) is 0 Å². The van der Waals surface area contributed by atoms with Crippen molar-refractivity contribution in [2.45, 2.75) is 25.3 Å². The molecular weight excluding hydrogens is 350 g/mol. The average Bonchev–Trinajstić information content (AvgIpc) is 3.19. The summed E-state index contributed by atoms with van der Waals surface area (Å²) in [6.45, 7) is 4.78. The first-order valence-electron chi connectivity index (χ1n) is 10.1. The maximum Gasteiger partial charge on any atom is 0.220 e. The topological polar surface area (TPSA) is 52.7 Å². The van der Waals surface area contributed by atoms with Crippen LogP contribution in [0.5, 0.6) is 0 Å². The van der Waals surface area contributed by atoms with Gasteiger partial charge in [-0.25, -0.2) is 0 Å². The molecule has 2 aliphatic rings. The van der Waals surface area contributed by atoms with E-state index in [0.29, 0.717) is 12.8 Å². The van der Waals surface area contributed by atoms with E-state index >= 15 is 0 Å². The Kier molecular flexibility index (Phi) is 5.72. The van der Waals surface area contributed by atoms with Gasteiger partial charge in [0.05, 0.1) is 6.04 Å². The lowest BCUT2D eigenvalue weighted by Gasteiger charge is -2.36. The van der Waals surface area contributed by atoms with E-state index in [-0.39, 0.29) is 17.7 Å². The molecule has 1 atom stereocenters. The van der Waals surface area contributed by atoms with Crippen LogP contribution >= 0.6 is 0 Å². The molecule has 0 saturated carbocycles. The molecule has 0 spiro atoms. The van der Waals surface area contributed by atoms with Gasteiger partial charge in [-0.3, -0.25) is 14.5 Å². The fourth-order valence-electron chi connectivity index (χ4n) is 4.04. The van der Waals surface area contributed by atoms with Crippen LogP contribution in [0.1, 0.15) is 41.2 Å². The van der Waals surface area contributed by atoms with Crippen LogP contribution in [0, 0.1) is 0 Å². The summed E-state index contributed by atoms with van der Waals surface area (Å²) >= 11 is 0. The highest BCUT2D eigenvalue weighted by atomic mass is 16.2. The number of Topliss-reactive ketones (excluding diaryl/α,β-unsaturated/α-hetero) is 1. The van der Waals surface area contributed by atoms with Crippen molar-refractivity contribution in [3.05, 3.63) is 65.7 Å². The molecule has 2 fully saturated rings. The number of nitrogens with zero attached hydrogens (tertiary/aromatic N) is 2. The first-order chi connectivity index (χ1) is 13.7. The van der Waals surface area contributed by atoms with E-state index in [4.69, 9.17) is 0 Å². The maximum absolute atomic E-state index is 12.6. The summed E-state index contributed by atoms with van der Waals surface area (Å²) in [4.78, 5) is 28.7. The van der Waals surface area contributed by atoms with Crippen LogP contribution < -0.4 is 10.2 Å². The van der Waals surface area contributed by atoms with E-state index in [1.165, 1.54) is 5.69 Å². The summed E-state index contributed by atoms with van der Waals surface area (Å²) in [6, 6.07) is 18.3. The van der Waals surface area contributed by atoms with E-state index in [0.717, 1.165) is 50.3 Å². The largest absolute Gasteiger partial charge is 0.369 e. The molecule has 146 valence electrons. The zero-order valence-electron chi connectivity index (χ0n) is 16.1. The van der Waals surface area contributed by atoms with E-state index in [1.54, 1.807) is 0 Å². The van der Waals surface area contributed by atoms with Crippen LogP contribution in [-0.2, 0) is 4.79 Å². The second kappa shape index (κ2) is 8.57. The molecule has 0 bridgehead atoms. The minimum Gasteiger partial charge on any atom is -0.369 e. The minimum absolute atomic E-state index is 0.0950. The highest BCUT2D eigenvalue weighted by Gasteiger charge is 2.22. The van der Waals surface area contributed by atoms with Gasteiger partial charge in [-0.2, -0.15) is 0 Å². The first-order valence-corrected chi connectivity index (χ1v) is 10.1. The van der Waals surface area contributed by atoms with E-state index in [1.807, 2.05) is 30.3 Å². The summed E-state index contributed by atoms with van der Waals surface area (Å²) < 4.78 is 0. The van der Waals surface area contributed by atoms with Crippen molar-refractivity contribution in [1.29, 1.82) is 0 Å². The first kappa shape index (κ1) is 18.7. The minimum atomic E-state index is 0.0950. The molecule has 0 radical (unpaired) electrons. The van der Waals surface area contributed by atoms with Gasteiger partial charge in [0, 0.05) is 56.8 Å². The molecule has 2 aromatic carbocycles. The number of piperazine rings is 1. The molecule has 2 saturated heterocycles. The zero-order valence-corrected chi connectivity index (χ0v) is 16.1. The number of para-hydroxylation sites is 1. The monoisotopic (exact) mass is 377 g/mol. The molecule has 28 heavy (non-hydrogen) atoms. The van der Waals surface area contributed by atoms with Gasteiger partial charge in [0.1, 0.15) is 0 Å². The molecule has 0 aromatic heterocycles. The Labute approximate surface area is 166 Å². The molecule has 2 aromatic rings. The van der Waals surface area contributed by atoms with Crippen molar-refractivity contribution in [2.24, 2.45) is 0 Å². The van der Waals surface area contributed by atoms with Crippen molar-refractivity contribution in [3.8, 4) is 0 Å². The number of benzene rings is 2. The summed E-state index contributed by atoms with van der Waals surface area (Å²) in [5.74, 6) is 0.296. The summed E-state index contributed by atoms with van der Waals surface area (Å²) in [7, 11) is 0. The van der Waals surface area contributed by atoms with Gasteiger partial charge in [-0.05, 0) is 24.1 Å². The standard InChI is InChI=1S/C23H27N3O2/c27-22(19-8-6-18(7-9-19)21-10-11-23(28)24-21)12-13-25-14-16-26(17-15-25)20-4-2-1-3-5-20/h1-9,21H,10-17H2,(H,24,28). The van der Waals surface area contributed by atoms with Crippen LogP contribution in [0.4, 0.5) is 5.69 Å². The maximum atomic E-state index is 12.6. The van der Waals surface area contributed by atoms with E-state index in [9.17, 15) is 9.59 Å². The van der Waals surface area contributed by atoms with Crippen molar-refractivity contribution in [2.75, 3.05) is 37.6 Å². The fraction of sp³-hybridized carbons (Fsp3) is 0.391.